The molecule has 0 aliphatic heterocycles. The zero-order valence-corrected chi connectivity index (χ0v) is 10.3. The molecular weight excluding hydrogens is 228 g/mol. The van der Waals surface area contributed by atoms with Gasteiger partial charge in [0.25, 0.3) is 0 Å². The minimum atomic E-state index is 0.735. The van der Waals surface area contributed by atoms with Gasteiger partial charge in [-0.2, -0.15) is 0 Å². The molecule has 1 aliphatic carbocycles. The first kappa shape index (κ1) is 10.7. The van der Waals surface area contributed by atoms with E-state index in [0.717, 1.165) is 10.9 Å². The van der Waals surface area contributed by atoms with Gasteiger partial charge in [-0.15, -0.1) is 0 Å². The second-order valence-corrected chi connectivity index (χ2v) is 5.00. The largest absolute Gasteiger partial charge is 0.0828 e. The summed E-state index contributed by atoms with van der Waals surface area (Å²) < 4.78 is 0. The Hall–Kier alpha value is -1.40. The first-order valence-corrected chi connectivity index (χ1v) is 6.40. The molecule has 0 atom stereocenters. The molecule has 1 heteroatoms. The zero-order chi connectivity index (χ0) is 11.7. The van der Waals surface area contributed by atoms with E-state index < -0.39 is 0 Å². The van der Waals surface area contributed by atoms with Crippen molar-refractivity contribution in [2.45, 2.75) is 12.8 Å². The SMILES string of the molecule is Clc1ccc([C+](c2ccccc2)C2CC2)cc1. The third kappa shape index (κ3) is 2.32. The van der Waals surface area contributed by atoms with Crippen LogP contribution in [-0.2, 0) is 0 Å². The number of benzene rings is 2. The highest BCUT2D eigenvalue weighted by atomic mass is 35.5. The van der Waals surface area contributed by atoms with Gasteiger partial charge in [0.2, 0.25) is 0 Å². The fourth-order valence-corrected chi connectivity index (χ4v) is 2.38. The van der Waals surface area contributed by atoms with Crippen molar-refractivity contribution in [1.29, 1.82) is 0 Å². The predicted molar refractivity (Wildman–Crippen MR) is 72.1 cm³/mol. The molecule has 1 saturated carbocycles. The molecule has 0 aromatic heterocycles. The van der Waals surface area contributed by atoms with Crippen molar-refractivity contribution in [3.05, 3.63) is 76.7 Å². The van der Waals surface area contributed by atoms with Crippen molar-refractivity contribution in [2.24, 2.45) is 5.92 Å². The lowest BCUT2D eigenvalue weighted by molar-refractivity contribution is 0.907. The Morgan fingerprint density at radius 3 is 2.00 bits per heavy atom. The predicted octanol–water partition coefficient (Wildman–Crippen LogP) is 4.72. The zero-order valence-electron chi connectivity index (χ0n) is 9.57. The van der Waals surface area contributed by atoms with E-state index in [9.17, 15) is 0 Å². The summed E-state index contributed by atoms with van der Waals surface area (Å²) in [6, 6.07) is 18.9. The fourth-order valence-electron chi connectivity index (χ4n) is 2.26. The van der Waals surface area contributed by atoms with Crippen LogP contribution >= 0.6 is 11.6 Å². The molecular formula is C16H14Cl+. The van der Waals surface area contributed by atoms with Gasteiger partial charge in [0.05, 0.1) is 16.1 Å². The van der Waals surface area contributed by atoms with Gasteiger partial charge in [0, 0.05) is 36.1 Å². The number of halogens is 1. The second kappa shape index (κ2) is 4.46. The molecule has 0 N–H and O–H groups in total. The van der Waals surface area contributed by atoms with E-state index in [1.165, 1.54) is 29.9 Å². The monoisotopic (exact) mass is 241 g/mol. The second-order valence-electron chi connectivity index (χ2n) is 4.56. The lowest BCUT2D eigenvalue weighted by Crippen LogP contribution is -2.04. The number of hydrogen-bond acceptors (Lipinski definition) is 0. The third-order valence-corrected chi connectivity index (χ3v) is 3.48. The van der Waals surface area contributed by atoms with Crippen LogP contribution < -0.4 is 0 Å². The van der Waals surface area contributed by atoms with Crippen molar-refractivity contribution < 1.29 is 0 Å². The summed E-state index contributed by atoms with van der Waals surface area (Å²) in [5, 5.41) is 0.803. The first-order chi connectivity index (χ1) is 8.34. The molecule has 0 heterocycles. The Morgan fingerprint density at radius 2 is 1.41 bits per heavy atom. The molecule has 0 saturated heterocycles. The minimum absolute atomic E-state index is 0.735. The van der Waals surface area contributed by atoms with Crippen LogP contribution in [0.15, 0.2) is 54.6 Å². The molecule has 0 spiro atoms. The van der Waals surface area contributed by atoms with Crippen molar-refractivity contribution in [1.82, 2.24) is 0 Å². The highest BCUT2D eigenvalue weighted by Crippen LogP contribution is 2.45. The van der Waals surface area contributed by atoms with Gasteiger partial charge in [-0.05, 0) is 43.2 Å². The van der Waals surface area contributed by atoms with Crippen LogP contribution in [-0.4, -0.2) is 0 Å². The van der Waals surface area contributed by atoms with E-state index in [1.54, 1.807) is 0 Å². The van der Waals surface area contributed by atoms with Gasteiger partial charge in [0.1, 0.15) is 0 Å². The minimum Gasteiger partial charge on any atom is -0.0828 e. The van der Waals surface area contributed by atoms with E-state index >= 15 is 0 Å². The molecule has 0 nitrogen and oxygen atoms in total. The number of rotatable bonds is 3. The normalized spacial score (nSPS) is 14.6. The van der Waals surface area contributed by atoms with Gasteiger partial charge in [-0.3, -0.25) is 0 Å². The maximum atomic E-state index is 5.95. The van der Waals surface area contributed by atoms with Crippen LogP contribution in [0.1, 0.15) is 24.0 Å². The van der Waals surface area contributed by atoms with E-state index in [0.29, 0.717) is 0 Å². The van der Waals surface area contributed by atoms with Gasteiger partial charge < -0.3 is 0 Å². The Labute approximate surface area is 107 Å². The molecule has 2 aromatic rings. The summed E-state index contributed by atoms with van der Waals surface area (Å²) >= 11 is 5.95. The molecule has 2 aromatic carbocycles. The topological polar surface area (TPSA) is 0 Å². The highest BCUT2D eigenvalue weighted by Gasteiger charge is 2.37. The highest BCUT2D eigenvalue weighted by molar-refractivity contribution is 6.30. The Bertz CT molecular complexity index is 483. The quantitative estimate of drug-likeness (QED) is 0.682. The summed E-state index contributed by atoms with van der Waals surface area (Å²) in [5.41, 5.74) is 2.65. The van der Waals surface area contributed by atoms with Gasteiger partial charge >= 0.3 is 0 Å². The maximum absolute atomic E-state index is 5.95. The average Bonchev–Trinajstić information content (AvgIpc) is 3.18. The summed E-state index contributed by atoms with van der Waals surface area (Å²) in [6.07, 6.45) is 2.62. The summed E-state index contributed by atoms with van der Waals surface area (Å²) in [6.45, 7) is 0. The third-order valence-electron chi connectivity index (χ3n) is 3.23. The van der Waals surface area contributed by atoms with Crippen LogP contribution in [0, 0.1) is 11.8 Å². The van der Waals surface area contributed by atoms with Gasteiger partial charge in [-0.1, -0.05) is 11.6 Å². The molecule has 0 bridgehead atoms. The Kier molecular flexibility index (Phi) is 2.82. The molecule has 0 amide bonds. The molecule has 17 heavy (non-hydrogen) atoms. The smallest absolute Gasteiger partial charge is 0.0760 e. The van der Waals surface area contributed by atoms with E-state index in [-0.39, 0.29) is 0 Å². The van der Waals surface area contributed by atoms with E-state index in [1.807, 2.05) is 12.1 Å². The van der Waals surface area contributed by atoms with Crippen molar-refractivity contribution in [3.63, 3.8) is 0 Å². The van der Waals surface area contributed by atoms with E-state index in [4.69, 9.17) is 11.6 Å². The lowest BCUT2D eigenvalue weighted by Gasteiger charge is -2.10. The Morgan fingerprint density at radius 1 is 0.824 bits per heavy atom. The van der Waals surface area contributed by atoms with E-state index in [2.05, 4.69) is 42.5 Å². The van der Waals surface area contributed by atoms with Crippen LogP contribution in [0.4, 0.5) is 0 Å². The van der Waals surface area contributed by atoms with Crippen molar-refractivity contribution in [3.8, 4) is 0 Å². The molecule has 1 fully saturated rings. The molecule has 3 rings (SSSR count). The van der Waals surface area contributed by atoms with Gasteiger partial charge in [-0.25, -0.2) is 0 Å². The summed E-state index contributed by atoms with van der Waals surface area (Å²) in [7, 11) is 0. The standard InChI is InChI=1S/C16H14Cl/c17-15-10-8-14(9-11-15)16(13-6-7-13)12-4-2-1-3-5-12/h1-5,8-11,13H,6-7H2/q+1. The summed E-state index contributed by atoms with van der Waals surface area (Å²) in [4.78, 5) is 0. The fraction of sp³-hybridized carbons (Fsp3) is 0.188. The molecule has 0 radical (unpaired) electrons. The van der Waals surface area contributed by atoms with Gasteiger partial charge in [0.15, 0.2) is 0 Å². The van der Waals surface area contributed by atoms with Crippen molar-refractivity contribution >= 4 is 11.6 Å². The Balaban J connectivity index is 1.98. The van der Waals surface area contributed by atoms with Crippen LogP contribution in [0.2, 0.25) is 5.02 Å². The molecule has 84 valence electrons. The van der Waals surface area contributed by atoms with Crippen LogP contribution in [0.3, 0.4) is 0 Å². The molecule has 0 unspecified atom stereocenters. The average molecular weight is 242 g/mol. The summed E-state index contributed by atoms with van der Waals surface area (Å²) in [5.74, 6) is 2.21. The maximum Gasteiger partial charge on any atom is 0.0760 e. The van der Waals surface area contributed by atoms with Crippen molar-refractivity contribution in [2.75, 3.05) is 0 Å². The lowest BCUT2D eigenvalue weighted by atomic mass is 9.87. The number of hydrogen-bond donors (Lipinski definition) is 0. The van der Waals surface area contributed by atoms with Crippen LogP contribution in [0.25, 0.3) is 0 Å². The molecule has 1 aliphatic rings. The first-order valence-electron chi connectivity index (χ1n) is 6.03. The van der Waals surface area contributed by atoms with Crippen LogP contribution in [0.5, 0.6) is 0 Å².